The Bertz CT molecular complexity index is 282. The molecule has 0 heterocycles. The van der Waals surface area contributed by atoms with Gasteiger partial charge in [-0.05, 0) is 24.0 Å². The van der Waals surface area contributed by atoms with Crippen molar-refractivity contribution in [3.05, 3.63) is 30.3 Å². The van der Waals surface area contributed by atoms with Crippen LogP contribution in [0.15, 0.2) is 35.2 Å². The van der Waals surface area contributed by atoms with Crippen LogP contribution in [0.4, 0.5) is 0 Å². The van der Waals surface area contributed by atoms with Crippen molar-refractivity contribution in [2.24, 2.45) is 5.41 Å². The lowest BCUT2D eigenvalue weighted by Gasteiger charge is -2.31. The van der Waals surface area contributed by atoms with E-state index in [1.54, 1.807) is 11.8 Å². The van der Waals surface area contributed by atoms with Gasteiger partial charge in [-0.15, -0.1) is 11.8 Å². The van der Waals surface area contributed by atoms with Crippen molar-refractivity contribution in [1.29, 1.82) is 0 Å². The lowest BCUT2D eigenvalue weighted by atomic mass is 9.86. The number of hydrogen-bond acceptors (Lipinski definition) is 2. The first-order valence-corrected chi connectivity index (χ1v) is 6.30. The molecule has 84 valence electrons. The Morgan fingerprint density at radius 1 is 1.27 bits per heavy atom. The van der Waals surface area contributed by atoms with Crippen LogP contribution >= 0.6 is 11.8 Å². The van der Waals surface area contributed by atoms with Crippen LogP contribution in [0.3, 0.4) is 0 Å². The zero-order valence-corrected chi connectivity index (χ0v) is 10.6. The van der Waals surface area contributed by atoms with Crippen LogP contribution in [-0.2, 0) is 0 Å². The molecular formula is C13H20OS. The van der Waals surface area contributed by atoms with Crippen LogP contribution in [0.5, 0.6) is 0 Å². The quantitative estimate of drug-likeness (QED) is 0.771. The highest BCUT2D eigenvalue weighted by molar-refractivity contribution is 8.00. The maximum Gasteiger partial charge on any atom is 0.0558 e. The summed E-state index contributed by atoms with van der Waals surface area (Å²) >= 11 is 1.77. The number of aliphatic hydroxyl groups excluding tert-OH is 1. The Labute approximate surface area is 96.9 Å². The number of benzene rings is 1. The van der Waals surface area contributed by atoms with Crippen molar-refractivity contribution >= 4 is 11.8 Å². The van der Waals surface area contributed by atoms with E-state index in [2.05, 4.69) is 32.9 Å². The van der Waals surface area contributed by atoms with Crippen molar-refractivity contribution in [2.45, 2.75) is 37.3 Å². The second kappa shape index (κ2) is 5.57. The van der Waals surface area contributed by atoms with Gasteiger partial charge in [0, 0.05) is 10.1 Å². The van der Waals surface area contributed by atoms with E-state index in [1.165, 1.54) is 4.90 Å². The fourth-order valence-corrected chi connectivity index (χ4v) is 2.54. The monoisotopic (exact) mass is 224 g/mol. The van der Waals surface area contributed by atoms with E-state index in [-0.39, 0.29) is 17.3 Å². The number of thioether (sulfide) groups is 1. The normalized spacial score (nSPS) is 13.9. The smallest absolute Gasteiger partial charge is 0.0558 e. The summed E-state index contributed by atoms with van der Waals surface area (Å²) in [6.45, 7) is 6.84. The van der Waals surface area contributed by atoms with Crippen molar-refractivity contribution < 1.29 is 5.11 Å². The summed E-state index contributed by atoms with van der Waals surface area (Å²) in [5.41, 5.74) is 0.176. The molecule has 1 aromatic carbocycles. The Morgan fingerprint density at radius 3 is 2.33 bits per heavy atom. The molecule has 0 aliphatic rings. The largest absolute Gasteiger partial charge is 0.395 e. The van der Waals surface area contributed by atoms with Crippen LogP contribution in [0.2, 0.25) is 0 Å². The molecule has 1 atom stereocenters. The van der Waals surface area contributed by atoms with Crippen molar-refractivity contribution in [1.82, 2.24) is 0 Å². The van der Waals surface area contributed by atoms with Gasteiger partial charge in [0.2, 0.25) is 0 Å². The van der Waals surface area contributed by atoms with Gasteiger partial charge in [-0.25, -0.2) is 0 Å². The van der Waals surface area contributed by atoms with Gasteiger partial charge in [-0.1, -0.05) is 39.0 Å². The molecule has 0 fully saturated rings. The zero-order valence-electron chi connectivity index (χ0n) is 9.73. The van der Waals surface area contributed by atoms with Gasteiger partial charge < -0.3 is 5.11 Å². The molecule has 0 bridgehead atoms. The molecule has 15 heavy (non-hydrogen) atoms. The fraction of sp³-hybridized carbons (Fsp3) is 0.538. The van der Waals surface area contributed by atoms with E-state index in [4.69, 9.17) is 0 Å². The van der Waals surface area contributed by atoms with Crippen molar-refractivity contribution in [2.75, 3.05) is 6.61 Å². The Morgan fingerprint density at radius 2 is 1.87 bits per heavy atom. The summed E-state index contributed by atoms with van der Waals surface area (Å²) < 4.78 is 0. The summed E-state index contributed by atoms with van der Waals surface area (Å²) in [6, 6.07) is 10.3. The molecule has 1 nitrogen and oxygen atoms in total. The highest BCUT2D eigenvalue weighted by Gasteiger charge is 2.27. The predicted octanol–water partition coefficient (Wildman–Crippen LogP) is 3.58. The van der Waals surface area contributed by atoms with Gasteiger partial charge in [0.1, 0.15) is 0 Å². The lowest BCUT2D eigenvalue weighted by molar-refractivity contribution is 0.217. The van der Waals surface area contributed by atoms with Crippen LogP contribution in [0, 0.1) is 5.41 Å². The van der Waals surface area contributed by atoms with E-state index in [1.807, 2.05) is 18.2 Å². The van der Waals surface area contributed by atoms with Crippen LogP contribution in [0.1, 0.15) is 27.2 Å². The number of aliphatic hydroxyl groups is 1. The molecule has 2 heteroatoms. The minimum absolute atomic E-state index is 0.176. The van der Waals surface area contributed by atoms with E-state index in [0.717, 1.165) is 6.42 Å². The molecule has 0 aliphatic carbocycles. The Kier molecular flexibility index (Phi) is 4.68. The highest BCUT2D eigenvalue weighted by atomic mass is 32.2. The summed E-state index contributed by atoms with van der Waals surface area (Å²) in [6.07, 6.45) is 1.08. The van der Waals surface area contributed by atoms with E-state index >= 15 is 0 Å². The third kappa shape index (κ3) is 3.54. The average Bonchev–Trinajstić information content (AvgIpc) is 2.27. The summed E-state index contributed by atoms with van der Waals surface area (Å²) in [5.74, 6) is 0. The molecule has 0 amide bonds. The van der Waals surface area contributed by atoms with Gasteiger partial charge in [0.05, 0.1) is 6.61 Å². The predicted molar refractivity (Wildman–Crippen MR) is 67.2 cm³/mol. The average molecular weight is 224 g/mol. The molecule has 0 aliphatic heterocycles. The maximum absolute atomic E-state index is 9.43. The second-order valence-corrected chi connectivity index (χ2v) is 5.72. The molecule has 1 rings (SSSR count). The third-order valence-electron chi connectivity index (χ3n) is 2.97. The molecular weight excluding hydrogens is 204 g/mol. The maximum atomic E-state index is 9.43. The van der Waals surface area contributed by atoms with Crippen molar-refractivity contribution in [3.8, 4) is 0 Å². The molecule has 1 aromatic rings. The molecule has 0 saturated carbocycles. The zero-order chi connectivity index (χ0) is 11.3. The molecule has 1 N–H and O–H groups in total. The van der Waals surface area contributed by atoms with Crippen LogP contribution in [-0.4, -0.2) is 17.0 Å². The first-order valence-electron chi connectivity index (χ1n) is 5.42. The van der Waals surface area contributed by atoms with Gasteiger partial charge in [-0.3, -0.25) is 0 Å². The highest BCUT2D eigenvalue weighted by Crippen LogP contribution is 2.37. The second-order valence-electron chi connectivity index (χ2n) is 4.44. The van der Waals surface area contributed by atoms with Gasteiger partial charge >= 0.3 is 0 Å². The number of rotatable bonds is 5. The van der Waals surface area contributed by atoms with Gasteiger partial charge in [0.15, 0.2) is 0 Å². The minimum Gasteiger partial charge on any atom is -0.395 e. The lowest BCUT2D eigenvalue weighted by Crippen LogP contribution is -2.29. The van der Waals surface area contributed by atoms with E-state index < -0.39 is 0 Å². The Hall–Kier alpha value is -0.470. The van der Waals surface area contributed by atoms with E-state index in [9.17, 15) is 5.11 Å². The molecule has 0 saturated heterocycles. The SMILES string of the molecule is CCC(C)(C)[C@H](CO)Sc1ccccc1. The fourth-order valence-electron chi connectivity index (χ4n) is 1.33. The third-order valence-corrected chi connectivity index (χ3v) is 4.59. The molecule has 0 aromatic heterocycles. The molecule has 0 radical (unpaired) electrons. The summed E-state index contributed by atoms with van der Waals surface area (Å²) in [4.78, 5) is 1.23. The van der Waals surface area contributed by atoms with E-state index in [0.29, 0.717) is 0 Å². The first-order chi connectivity index (χ1) is 7.10. The van der Waals surface area contributed by atoms with Gasteiger partial charge in [0.25, 0.3) is 0 Å². The first kappa shape index (κ1) is 12.6. The minimum atomic E-state index is 0.176. The summed E-state index contributed by atoms with van der Waals surface area (Å²) in [5, 5.41) is 9.70. The number of hydrogen-bond donors (Lipinski definition) is 1. The topological polar surface area (TPSA) is 20.2 Å². The van der Waals surface area contributed by atoms with Crippen LogP contribution in [0.25, 0.3) is 0 Å². The molecule has 0 unspecified atom stereocenters. The standard InChI is InChI=1S/C13H20OS/c1-4-13(2,3)12(10-14)15-11-8-6-5-7-9-11/h5-9,12,14H,4,10H2,1-3H3/t12-/m0/s1. The van der Waals surface area contributed by atoms with Gasteiger partial charge in [-0.2, -0.15) is 0 Å². The Balaban J connectivity index is 2.70. The van der Waals surface area contributed by atoms with Crippen LogP contribution < -0.4 is 0 Å². The van der Waals surface area contributed by atoms with Crippen molar-refractivity contribution in [3.63, 3.8) is 0 Å². The molecule has 0 spiro atoms. The summed E-state index contributed by atoms with van der Waals surface area (Å²) in [7, 11) is 0.